The van der Waals surface area contributed by atoms with Gasteiger partial charge in [0.1, 0.15) is 6.04 Å². The summed E-state index contributed by atoms with van der Waals surface area (Å²) in [7, 11) is 0. The van der Waals surface area contributed by atoms with Crippen LogP contribution in [0.25, 0.3) is 10.9 Å². The van der Waals surface area contributed by atoms with Crippen molar-refractivity contribution in [2.75, 3.05) is 13.2 Å². The van der Waals surface area contributed by atoms with Crippen LogP contribution < -0.4 is 5.56 Å². The molecule has 1 N–H and O–H groups in total. The molecule has 39 heavy (non-hydrogen) atoms. The van der Waals surface area contributed by atoms with Crippen LogP contribution >= 0.6 is 11.3 Å². The summed E-state index contributed by atoms with van der Waals surface area (Å²) < 4.78 is 7.75. The molecule has 2 atom stereocenters. The van der Waals surface area contributed by atoms with Crippen LogP contribution in [0.2, 0.25) is 0 Å². The number of hydrogen-bond acceptors (Lipinski definition) is 7. The van der Waals surface area contributed by atoms with Crippen LogP contribution in [0.3, 0.4) is 0 Å². The standard InChI is InChI=1S/C30H32N6O2S/c1-21-11-12-23-18-26(30(37)31-27(23)17-21)28(29-32-33-34-36(29)19-24-9-5-15-38-24)35(20-25-10-6-16-39-25)14-13-22-7-3-2-4-8-22/h2-4,6-8,10-12,16-18,24,28H,5,9,13-15,19-20H2,1H3,(H,31,37)/t24-,28-/m0/s1. The fraction of sp³-hybridized carbons (Fsp3) is 0.333. The van der Waals surface area contributed by atoms with Gasteiger partial charge in [-0.05, 0) is 76.7 Å². The minimum Gasteiger partial charge on any atom is -0.376 e. The van der Waals surface area contributed by atoms with Crippen LogP contribution in [0, 0.1) is 6.92 Å². The number of pyridine rings is 1. The normalized spacial score (nSPS) is 16.3. The number of aryl methyl sites for hydroxylation is 1. The number of aromatic amines is 1. The highest BCUT2D eigenvalue weighted by molar-refractivity contribution is 7.09. The van der Waals surface area contributed by atoms with Crippen molar-refractivity contribution in [3.8, 4) is 0 Å². The van der Waals surface area contributed by atoms with Gasteiger partial charge in [-0.15, -0.1) is 16.4 Å². The average Bonchev–Trinajstić information content (AvgIpc) is 3.73. The smallest absolute Gasteiger partial charge is 0.253 e. The third-order valence-corrected chi connectivity index (χ3v) is 8.23. The van der Waals surface area contributed by atoms with Gasteiger partial charge in [-0.2, -0.15) is 0 Å². The fourth-order valence-corrected chi connectivity index (χ4v) is 6.10. The molecule has 0 amide bonds. The Kier molecular flexibility index (Phi) is 7.62. The Hall–Kier alpha value is -3.66. The highest BCUT2D eigenvalue weighted by Gasteiger charge is 2.32. The number of aromatic nitrogens is 5. The van der Waals surface area contributed by atoms with E-state index in [-0.39, 0.29) is 11.7 Å². The average molecular weight is 541 g/mol. The molecule has 200 valence electrons. The minimum atomic E-state index is -0.443. The molecule has 9 heteroatoms. The summed E-state index contributed by atoms with van der Waals surface area (Å²) in [6.45, 7) is 4.75. The number of ether oxygens (including phenoxy) is 1. The van der Waals surface area contributed by atoms with Gasteiger partial charge < -0.3 is 9.72 Å². The molecule has 0 bridgehead atoms. The van der Waals surface area contributed by atoms with E-state index in [4.69, 9.17) is 4.74 Å². The predicted molar refractivity (Wildman–Crippen MR) is 153 cm³/mol. The zero-order valence-electron chi connectivity index (χ0n) is 22.0. The molecular weight excluding hydrogens is 508 g/mol. The van der Waals surface area contributed by atoms with E-state index in [0.29, 0.717) is 24.5 Å². The number of nitrogens with zero attached hydrogens (tertiary/aromatic N) is 5. The maximum Gasteiger partial charge on any atom is 0.253 e. The molecule has 0 radical (unpaired) electrons. The lowest BCUT2D eigenvalue weighted by atomic mass is 10.0. The lowest BCUT2D eigenvalue weighted by Gasteiger charge is -2.31. The molecule has 1 fully saturated rings. The van der Waals surface area contributed by atoms with E-state index in [1.165, 1.54) is 10.4 Å². The van der Waals surface area contributed by atoms with Gasteiger partial charge in [0.15, 0.2) is 5.82 Å². The van der Waals surface area contributed by atoms with Crippen molar-refractivity contribution >= 4 is 22.2 Å². The van der Waals surface area contributed by atoms with E-state index in [2.05, 4.69) is 79.3 Å². The second-order valence-corrected chi connectivity index (χ2v) is 11.2. The highest BCUT2D eigenvalue weighted by Crippen LogP contribution is 2.30. The van der Waals surface area contributed by atoms with Crippen molar-refractivity contribution < 1.29 is 4.74 Å². The SMILES string of the molecule is Cc1ccc2cc([C@@H](c3nnnn3C[C@@H]3CCCO3)N(CCc3ccccc3)Cc3cccs3)c(=O)[nH]c2c1. The van der Waals surface area contributed by atoms with Gasteiger partial charge in [-0.25, -0.2) is 4.68 Å². The maximum atomic E-state index is 13.7. The second-order valence-electron chi connectivity index (χ2n) is 10.2. The first kappa shape index (κ1) is 25.6. The summed E-state index contributed by atoms with van der Waals surface area (Å²) >= 11 is 1.72. The van der Waals surface area contributed by atoms with Crippen LogP contribution in [0.15, 0.2) is 76.9 Å². The van der Waals surface area contributed by atoms with E-state index in [1.54, 1.807) is 11.3 Å². The third-order valence-electron chi connectivity index (χ3n) is 7.36. The van der Waals surface area contributed by atoms with Crippen molar-refractivity contribution in [2.24, 2.45) is 0 Å². The van der Waals surface area contributed by atoms with E-state index < -0.39 is 6.04 Å². The van der Waals surface area contributed by atoms with Crippen molar-refractivity contribution in [3.05, 3.63) is 110 Å². The first-order valence-electron chi connectivity index (χ1n) is 13.5. The monoisotopic (exact) mass is 540 g/mol. The van der Waals surface area contributed by atoms with E-state index in [9.17, 15) is 4.79 Å². The molecule has 8 nitrogen and oxygen atoms in total. The Labute approximate surface area is 231 Å². The zero-order chi connectivity index (χ0) is 26.6. The van der Waals surface area contributed by atoms with Gasteiger partial charge in [-0.3, -0.25) is 9.69 Å². The molecular formula is C30H32N6O2S. The van der Waals surface area contributed by atoms with Crippen LogP contribution in [0.5, 0.6) is 0 Å². The van der Waals surface area contributed by atoms with Crippen molar-refractivity contribution in [2.45, 2.75) is 51.4 Å². The second kappa shape index (κ2) is 11.6. The summed E-state index contributed by atoms with van der Waals surface area (Å²) in [5.41, 5.74) is 3.69. The van der Waals surface area contributed by atoms with Crippen molar-refractivity contribution in [1.29, 1.82) is 0 Å². The van der Waals surface area contributed by atoms with E-state index >= 15 is 0 Å². The topological polar surface area (TPSA) is 88.9 Å². The lowest BCUT2D eigenvalue weighted by Crippen LogP contribution is -2.36. The van der Waals surface area contributed by atoms with Gasteiger partial charge >= 0.3 is 0 Å². The summed E-state index contributed by atoms with van der Waals surface area (Å²) in [6.07, 6.45) is 2.92. The molecule has 5 aromatic rings. The van der Waals surface area contributed by atoms with Gasteiger partial charge in [0.25, 0.3) is 5.56 Å². The molecule has 0 unspecified atom stereocenters. The van der Waals surface area contributed by atoms with Crippen LogP contribution in [-0.2, 0) is 24.2 Å². The van der Waals surface area contributed by atoms with E-state index in [0.717, 1.165) is 48.9 Å². The van der Waals surface area contributed by atoms with Crippen LogP contribution in [0.4, 0.5) is 0 Å². The van der Waals surface area contributed by atoms with Crippen molar-refractivity contribution in [3.63, 3.8) is 0 Å². The first-order valence-corrected chi connectivity index (χ1v) is 14.3. The zero-order valence-corrected chi connectivity index (χ0v) is 22.8. The van der Waals surface area contributed by atoms with E-state index in [1.807, 2.05) is 29.8 Å². The Bertz CT molecular complexity index is 1570. The fourth-order valence-electron chi connectivity index (χ4n) is 5.37. The number of benzene rings is 2. The molecule has 6 rings (SSSR count). The molecule has 0 spiro atoms. The molecule has 2 aromatic carbocycles. The number of fused-ring (bicyclic) bond motifs is 1. The first-order chi connectivity index (χ1) is 19.1. The molecule has 1 saturated heterocycles. The third kappa shape index (κ3) is 5.85. The Morgan fingerprint density at radius 2 is 2.05 bits per heavy atom. The number of rotatable bonds is 10. The van der Waals surface area contributed by atoms with Crippen LogP contribution in [0.1, 0.15) is 46.3 Å². The molecule has 0 saturated carbocycles. The van der Waals surface area contributed by atoms with Gasteiger partial charge in [0, 0.05) is 35.7 Å². The quantitative estimate of drug-likeness (QED) is 0.271. The van der Waals surface area contributed by atoms with Gasteiger partial charge in [0.2, 0.25) is 0 Å². The molecule has 4 heterocycles. The number of thiophene rings is 1. The minimum absolute atomic E-state index is 0.0702. The summed E-state index contributed by atoms with van der Waals surface area (Å²) in [4.78, 5) is 20.4. The number of hydrogen-bond donors (Lipinski definition) is 1. The Morgan fingerprint density at radius 1 is 1.15 bits per heavy atom. The lowest BCUT2D eigenvalue weighted by molar-refractivity contribution is 0.0906. The molecule has 0 aliphatic carbocycles. The largest absolute Gasteiger partial charge is 0.376 e. The number of nitrogens with one attached hydrogen (secondary N) is 1. The number of tetrazole rings is 1. The molecule has 3 aromatic heterocycles. The van der Waals surface area contributed by atoms with Gasteiger partial charge in [-0.1, -0.05) is 48.5 Å². The Balaban J connectivity index is 1.46. The molecule has 1 aliphatic rings. The molecule has 1 aliphatic heterocycles. The predicted octanol–water partition coefficient (Wildman–Crippen LogP) is 4.90. The van der Waals surface area contributed by atoms with Gasteiger partial charge in [0.05, 0.1) is 12.6 Å². The summed E-state index contributed by atoms with van der Waals surface area (Å²) in [5, 5.41) is 16.1. The maximum absolute atomic E-state index is 13.7. The summed E-state index contributed by atoms with van der Waals surface area (Å²) in [5.74, 6) is 0.659. The number of H-pyrrole nitrogens is 1. The highest BCUT2D eigenvalue weighted by atomic mass is 32.1. The van der Waals surface area contributed by atoms with Crippen molar-refractivity contribution in [1.82, 2.24) is 30.1 Å². The Morgan fingerprint density at radius 3 is 2.85 bits per heavy atom. The van der Waals surface area contributed by atoms with Crippen LogP contribution in [-0.4, -0.2) is 49.3 Å². The summed E-state index contributed by atoms with van der Waals surface area (Å²) in [6, 6.07) is 22.4.